The van der Waals surface area contributed by atoms with Crippen molar-refractivity contribution in [1.82, 2.24) is 9.62 Å². The van der Waals surface area contributed by atoms with Crippen molar-refractivity contribution in [1.29, 1.82) is 0 Å². The molecule has 1 amide bonds. The average Bonchev–Trinajstić information content (AvgIpc) is 3.37. The highest BCUT2D eigenvalue weighted by Gasteiger charge is 2.36. The molecule has 0 spiro atoms. The Morgan fingerprint density at radius 3 is 2.41 bits per heavy atom. The Morgan fingerprint density at radius 1 is 1.16 bits per heavy atom. The van der Waals surface area contributed by atoms with Crippen LogP contribution in [0.5, 0.6) is 0 Å². The highest BCUT2D eigenvalue weighted by atomic mass is 32.2. The highest BCUT2D eigenvalue weighted by molar-refractivity contribution is 7.94. The maximum absolute atomic E-state index is 12.9. The van der Waals surface area contributed by atoms with Gasteiger partial charge in [0.2, 0.25) is 26.0 Å². The van der Waals surface area contributed by atoms with Crippen molar-refractivity contribution in [3.05, 3.63) is 48.4 Å². The first kappa shape index (κ1) is 23.0. The molecule has 9 nitrogen and oxygen atoms in total. The van der Waals surface area contributed by atoms with E-state index in [9.17, 15) is 21.6 Å². The van der Waals surface area contributed by atoms with E-state index in [0.29, 0.717) is 11.7 Å². The number of benzene rings is 1. The van der Waals surface area contributed by atoms with E-state index < -0.39 is 26.0 Å². The first-order valence-corrected chi connectivity index (χ1v) is 13.7. The van der Waals surface area contributed by atoms with E-state index in [-0.39, 0.29) is 35.3 Å². The monoisotopic (exact) mass is 481 g/mol. The second-order valence-corrected chi connectivity index (χ2v) is 12.0. The van der Waals surface area contributed by atoms with Crippen LogP contribution in [-0.4, -0.2) is 53.0 Å². The SMILES string of the molecule is CC1CCN([C@H](CNS(=O)(=O)c2ccc(N3C(=O)CCS3(=O)=O)cc2)c2ccco2)CC1. The highest BCUT2D eigenvalue weighted by Crippen LogP contribution is 2.28. The summed E-state index contributed by atoms with van der Waals surface area (Å²) in [6.45, 7) is 4.08. The summed E-state index contributed by atoms with van der Waals surface area (Å²) in [5.74, 6) is 0.591. The van der Waals surface area contributed by atoms with Gasteiger partial charge in [0.1, 0.15) is 5.76 Å². The van der Waals surface area contributed by atoms with E-state index in [2.05, 4.69) is 16.5 Å². The molecule has 4 rings (SSSR count). The molecule has 0 bridgehead atoms. The Labute approximate surface area is 188 Å². The molecule has 1 aromatic carbocycles. The summed E-state index contributed by atoms with van der Waals surface area (Å²) < 4.78 is 58.9. The van der Waals surface area contributed by atoms with Gasteiger partial charge in [-0.25, -0.2) is 25.9 Å². The smallest absolute Gasteiger partial charge is 0.242 e. The molecule has 3 heterocycles. The van der Waals surface area contributed by atoms with Crippen molar-refractivity contribution in [3.8, 4) is 0 Å². The molecule has 0 unspecified atom stereocenters. The summed E-state index contributed by atoms with van der Waals surface area (Å²) in [6, 6.07) is 8.71. The molecular weight excluding hydrogens is 454 g/mol. The van der Waals surface area contributed by atoms with Crippen LogP contribution in [0, 0.1) is 5.92 Å². The summed E-state index contributed by atoms with van der Waals surface area (Å²) in [7, 11) is -7.55. The Kier molecular flexibility index (Phi) is 6.44. The molecule has 2 saturated heterocycles. The molecule has 2 aromatic rings. The predicted octanol–water partition coefficient (Wildman–Crippen LogP) is 2.10. The van der Waals surface area contributed by atoms with E-state index in [1.165, 1.54) is 24.3 Å². The van der Waals surface area contributed by atoms with Gasteiger partial charge in [-0.1, -0.05) is 6.92 Å². The fourth-order valence-corrected chi connectivity index (χ4v) is 6.63. The number of nitrogens with zero attached hydrogens (tertiary/aromatic N) is 2. The standard InChI is InChI=1S/C21H27N3O6S2/c1-16-8-11-23(12-9-16)19(20-3-2-13-30-20)15-22-32(28,29)18-6-4-17(5-7-18)24-21(25)10-14-31(24,26)27/h2-7,13,16,19,22H,8-12,14-15H2,1H3/t19-/m1/s1. The number of carbonyl (C=O) groups excluding carboxylic acids is 1. The van der Waals surface area contributed by atoms with Gasteiger partial charge in [-0.3, -0.25) is 9.69 Å². The number of rotatable bonds is 7. The second-order valence-electron chi connectivity index (χ2n) is 8.32. The molecule has 2 aliphatic rings. The zero-order valence-corrected chi connectivity index (χ0v) is 19.4. The minimum Gasteiger partial charge on any atom is -0.468 e. The molecule has 0 saturated carbocycles. The number of sulfonamides is 2. The van der Waals surface area contributed by atoms with E-state index >= 15 is 0 Å². The van der Waals surface area contributed by atoms with Crippen LogP contribution in [0.1, 0.15) is 38.0 Å². The fourth-order valence-electron chi connectivity index (χ4n) is 4.13. The molecule has 2 aliphatic heterocycles. The first-order chi connectivity index (χ1) is 15.2. The summed E-state index contributed by atoms with van der Waals surface area (Å²) >= 11 is 0. The number of piperidine rings is 1. The van der Waals surface area contributed by atoms with Gasteiger partial charge in [0, 0.05) is 13.0 Å². The zero-order valence-electron chi connectivity index (χ0n) is 17.8. The summed E-state index contributed by atoms with van der Waals surface area (Å²) in [6.07, 6.45) is 3.59. The van der Waals surface area contributed by atoms with E-state index in [1.54, 1.807) is 12.3 Å². The Morgan fingerprint density at radius 2 is 1.84 bits per heavy atom. The van der Waals surface area contributed by atoms with Gasteiger partial charge in [-0.15, -0.1) is 0 Å². The minimum atomic E-state index is -3.85. The molecule has 32 heavy (non-hydrogen) atoms. The van der Waals surface area contributed by atoms with Gasteiger partial charge in [-0.05, 0) is 68.2 Å². The van der Waals surface area contributed by atoms with Crippen LogP contribution in [0.25, 0.3) is 0 Å². The third-order valence-corrected chi connectivity index (χ3v) is 9.19. The molecule has 1 aromatic heterocycles. The predicted molar refractivity (Wildman–Crippen MR) is 119 cm³/mol. The van der Waals surface area contributed by atoms with Gasteiger partial charge < -0.3 is 4.42 Å². The van der Waals surface area contributed by atoms with Crippen LogP contribution < -0.4 is 9.03 Å². The number of furan rings is 1. The summed E-state index contributed by atoms with van der Waals surface area (Å²) in [5, 5.41) is 0. The fraction of sp³-hybridized carbons (Fsp3) is 0.476. The molecule has 0 aliphatic carbocycles. The summed E-state index contributed by atoms with van der Waals surface area (Å²) in [4.78, 5) is 14.2. The maximum atomic E-state index is 12.9. The van der Waals surface area contributed by atoms with Crippen molar-refractivity contribution < 1.29 is 26.0 Å². The van der Waals surface area contributed by atoms with Crippen molar-refractivity contribution in [2.45, 2.75) is 37.1 Å². The lowest BCUT2D eigenvalue weighted by Gasteiger charge is -2.35. The molecule has 0 radical (unpaired) electrons. The Hall–Kier alpha value is -2.21. The molecule has 174 valence electrons. The zero-order chi connectivity index (χ0) is 22.9. The molecule has 1 N–H and O–H groups in total. The van der Waals surface area contributed by atoms with E-state index in [0.717, 1.165) is 30.2 Å². The minimum absolute atomic E-state index is 0.00393. The van der Waals surface area contributed by atoms with Crippen LogP contribution in [-0.2, 0) is 24.8 Å². The molecule has 11 heteroatoms. The lowest BCUT2D eigenvalue weighted by atomic mass is 9.97. The van der Waals surface area contributed by atoms with Crippen LogP contribution in [0.3, 0.4) is 0 Å². The lowest BCUT2D eigenvalue weighted by Crippen LogP contribution is -2.41. The average molecular weight is 482 g/mol. The number of amides is 1. The number of carbonyl (C=O) groups is 1. The lowest BCUT2D eigenvalue weighted by molar-refractivity contribution is -0.116. The van der Waals surface area contributed by atoms with Crippen molar-refractivity contribution in [2.75, 3.05) is 29.7 Å². The topological polar surface area (TPSA) is 117 Å². The van der Waals surface area contributed by atoms with Gasteiger partial charge in [0.25, 0.3) is 0 Å². The molecule has 2 fully saturated rings. The van der Waals surface area contributed by atoms with Crippen LogP contribution in [0.15, 0.2) is 52.0 Å². The molecular formula is C21H27N3O6S2. The number of hydrogen-bond acceptors (Lipinski definition) is 7. The normalized spacial score (nSPS) is 21.2. The van der Waals surface area contributed by atoms with E-state index in [1.807, 2.05) is 6.07 Å². The first-order valence-electron chi connectivity index (χ1n) is 10.6. The maximum Gasteiger partial charge on any atom is 0.242 e. The third kappa shape index (κ3) is 4.75. The van der Waals surface area contributed by atoms with Crippen LogP contribution in [0.2, 0.25) is 0 Å². The Bertz CT molecular complexity index is 1150. The van der Waals surface area contributed by atoms with Crippen molar-refractivity contribution in [3.63, 3.8) is 0 Å². The van der Waals surface area contributed by atoms with Crippen LogP contribution >= 0.6 is 0 Å². The number of nitrogens with one attached hydrogen (secondary N) is 1. The van der Waals surface area contributed by atoms with Gasteiger partial charge >= 0.3 is 0 Å². The number of likely N-dealkylation sites (tertiary alicyclic amines) is 1. The van der Waals surface area contributed by atoms with Crippen LogP contribution in [0.4, 0.5) is 5.69 Å². The Balaban J connectivity index is 1.49. The quantitative estimate of drug-likeness (QED) is 0.644. The largest absolute Gasteiger partial charge is 0.468 e. The molecule has 1 atom stereocenters. The van der Waals surface area contributed by atoms with Gasteiger partial charge in [0.05, 0.1) is 28.6 Å². The second kappa shape index (κ2) is 8.97. The van der Waals surface area contributed by atoms with Gasteiger partial charge in [-0.2, -0.15) is 0 Å². The van der Waals surface area contributed by atoms with Gasteiger partial charge in [0.15, 0.2) is 0 Å². The summed E-state index contributed by atoms with van der Waals surface area (Å²) in [5.41, 5.74) is 0.141. The number of hydrogen-bond donors (Lipinski definition) is 1. The van der Waals surface area contributed by atoms with Crippen molar-refractivity contribution in [2.24, 2.45) is 5.92 Å². The van der Waals surface area contributed by atoms with Crippen molar-refractivity contribution >= 4 is 31.6 Å². The van der Waals surface area contributed by atoms with E-state index in [4.69, 9.17) is 4.42 Å². The third-order valence-electron chi connectivity index (χ3n) is 6.06. The number of anilines is 1.